The predicted molar refractivity (Wildman–Crippen MR) is 386 cm³/mol. The van der Waals surface area contributed by atoms with E-state index in [4.69, 9.17) is 90.3 Å². The van der Waals surface area contributed by atoms with Crippen molar-refractivity contribution >= 4 is 0 Å². The Hall–Kier alpha value is -1.60. The summed E-state index contributed by atoms with van der Waals surface area (Å²) in [6.45, 7) is 3.66. The first-order valence-corrected chi connectivity index (χ1v) is 39.9. The first-order valence-electron chi connectivity index (χ1n) is 39.9. The quantitative estimate of drug-likeness (QED) is 0.0153. The SMILES string of the molecule is CCCCCOCC(COCCCCC)COCC(COCC(COCCCCC)COCCCCC)COCC(CO[C@@H]1OC(CO)[C@@H](OOC(CO)[C@@H](O)C(O)[C@@H](C)O)C(O)C1O)(CO[C@@H]1OC(CO)[C@@H](O[C@H]2OC(CO)[C@@H](O)[C@H](O)C2O)C(O)C1O)CO[C@@H]1OC(CO)[C@H](O[C@H]2OC(CO)[C@@H](O)C(O)C2O)C(O)C1O. The van der Waals surface area contributed by atoms with E-state index >= 15 is 0 Å². The highest BCUT2D eigenvalue weighted by Gasteiger charge is 2.55. The zero-order chi connectivity index (χ0) is 83.2. The largest absolute Gasteiger partial charge is 0.394 e. The molecule has 5 rings (SSSR count). The summed E-state index contributed by atoms with van der Waals surface area (Å²) in [5.41, 5.74) is -2.07. The Morgan fingerprint density at radius 3 is 0.912 bits per heavy atom. The van der Waals surface area contributed by atoms with Gasteiger partial charge in [-0.15, -0.1) is 0 Å². The van der Waals surface area contributed by atoms with Crippen LogP contribution in [0.5, 0.6) is 0 Å². The predicted octanol–water partition coefficient (Wildman–Crippen LogP) is -6.78. The van der Waals surface area contributed by atoms with Crippen LogP contribution >= 0.6 is 0 Å². The lowest BCUT2D eigenvalue weighted by Crippen LogP contribution is -2.65. The second-order valence-corrected chi connectivity index (χ2v) is 30.1. The summed E-state index contributed by atoms with van der Waals surface area (Å²) in [5.74, 6) is -1.11. The van der Waals surface area contributed by atoms with Crippen molar-refractivity contribution in [2.45, 2.75) is 290 Å². The molecule has 5 aliphatic rings. The minimum atomic E-state index is -2.19. The second kappa shape index (κ2) is 55.4. The molecule has 17 unspecified atom stereocenters. The zero-order valence-electron chi connectivity index (χ0n) is 65.9. The molecule has 0 saturated carbocycles. The molecule has 0 spiro atoms. The molecule has 0 radical (unpaired) electrons. The van der Waals surface area contributed by atoms with Gasteiger partial charge in [0.15, 0.2) is 31.5 Å². The zero-order valence-corrected chi connectivity index (χ0v) is 65.9. The number of aliphatic hydroxyl groups is 21. The van der Waals surface area contributed by atoms with Crippen LogP contribution in [-0.2, 0) is 90.3 Å². The van der Waals surface area contributed by atoms with Crippen LogP contribution in [0.2, 0.25) is 0 Å². The molecule has 113 heavy (non-hydrogen) atoms. The maximum atomic E-state index is 11.9. The third-order valence-electron chi connectivity index (χ3n) is 20.3. The Morgan fingerprint density at radius 2 is 0.602 bits per heavy atom. The molecular weight excluding hydrogens is 1520 g/mol. The van der Waals surface area contributed by atoms with E-state index < -0.39 is 255 Å². The molecule has 0 aromatic heterocycles. The molecule has 5 heterocycles. The number of hydrogen-bond acceptors (Lipinski definition) is 40. The standard InChI is InChI=1S/C73H138O40/c1-6-10-14-18-95-28-42(29-96-19-15-11-7-2)32-99-34-44(35-100-33-43(30-97-20-16-12-8-3)31-98-21-17-13-9-4)36-101-37-73(40-104-70-64(94)59(89)67(50(27-79)109-70)113-112-47(24-76)54(84)51(81)41(5)80,38-102-68-62(92)57(87)65(48(25-77)107-68)110-71-60(90)55(85)52(82)45(22-74)105-71)39-103-69-63(93)58(88)66(49(26-78)108-69)111-72-61(91)56(86)53(83)46(23-75)106-72/h41-72,74-94H,6-40H2,1-5H3/t41-,45?,46?,47?,48?,49?,50?,51?,52-,53-,54-,55+,56?,57?,58?,59?,60?,61?,62?,63?,64?,65-,66+,67-,68-,69-,70-,71-,72-,73?/m1/s1. The second-order valence-electron chi connectivity index (χ2n) is 30.1. The van der Waals surface area contributed by atoms with Crippen molar-refractivity contribution in [3.05, 3.63) is 0 Å². The first kappa shape index (κ1) is 102. The summed E-state index contributed by atoms with van der Waals surface area (Å²) in [6.07, 6.45) is -44.2. The van der Waals surface area contributed by atoms with Crippen molar-refractivity contribution in [3.8, 4) is 0 Å². The third-order valence-corrected chi connectivity index (χ3v) is 20.3. The van der Waals surface area contributed by atoms with Gasteiger partial charge in [0, 0.05) is 44.2 Å². The fourth-order valence-electron chi connectivity index (χ4n) is 13.1. The maximum Gasteiger partial charge on any atom is 0.187 e. The molecule has 0 bridgehead atoms. The molecule has 670 valence electrons. The van der Waals surface area contributed by atoms with Gasteiger partial charge in [-0.2, -0.15) is 0 Å². The highest BCUT2D eigenvalue weighted by Crippen LogP contribution is 2.36. The van der Waals surface area contributed by atoms with Gasteiger partial charge in [-0.25, -0.2) is 9.78 Å². The van der Waals surface area contributed by atoms with Gasteiger partial charge in [0.2, 0.25) is 0 Å². The number of unbranched alkanes of at least 4 members (excludes halogenated alkanes) is 8. The molecule has 40 heteroatoms. The number of aliphatic hydroxyl groups excluding tert-OH is 21. The number of hydrogen-bond donors (Lipinski definition) is 21. The first-order chi connectivity index (χ1) is 54.3. The van der Waals surface area contributed by atoms with Crippen molar-refractivity contribution in [2.75, 3.05) is 152 Å². The van der Waals surface area contributed by atoms with Gasteiger partial charge in [0.05, 0.1) is 137 Å². The van der Waals surface area contributed by atoms with E-state index in [-0.39, 0.29) is 44.9 Å². The molecule has 40 nitrogen and oxygen atoms in total. The van der Waals surface area contributed by atoms with Crippen LogP contribution in [0.25, 0.3) is 0 Å². The summed E-state index contributed by atoms with van der Waals surface area (Å²) in [7, 11) is 0. The fraction of sp³-hybridized carbons (Fsp3) is 1.00. The van der Waals surface area contributed by atoms with Crippen LogP contribution in [0.1, 0.15) is 112 Å². The van der Waals surface area contributed by atoms with Crippen LogP contribution in [0, 0.1) is 23.2 Å². The van der Waals surface area contributed by atoms with Crippen LogP contribution in [0.4, 0.5) is 0 Å². The molecule has 21 N–H and O–H groups in total. The van der Waals surface area contributed by atoms with Gasteiger partial charge >= 0.3 is 0 Å². The third kappa shape index (κ3) is 32.3. The van der Waals surface area contributed by atoms with E-state index in [0.717, 1.165) is 84.0 Å². The minimum absolute atomic E-state index is 0.0250. The lowest BCUT2D eigenvalue weighted by atomic mass is 9.91. The summed E-state index contributed by atoms with van der Waals surface area (Å²) < 4.78 is 104. The Balaban J connectivity index is 1.59. The van der Waals surface area contributed by atoms with Gasteiger partial charge < -0.3 is 188 Å². The Bertz CT molecular complexity index is 2220. The van der Waals surface area contributed by atoms with Gasteiger partial charge in [0.1, 0.15) is 140 Å². The molecule has 0 aromatic carbocycles. The average molecular weight is 1660 g/mol. The number of rotatable bonds is 61. The Kier molecular flexibility index (Phi) is 50.0. The van der Waals surface area contributed by atoms with Gasteiger partial charge in [-0.1, -0.05) is 79.1 Å². The van der Waals surface area contributed by atoms with Crippen LogP contribution in [0.3, 0.4) is 0 Å². The van der Waals surface area contributed by atoms with Crippen LogP contribution in [0.15, 0.2) is 0 Å². The van der Waals surface area contributed by atoms with E-state index in [1.807, 2.05) is 0 Å². The molecular formula is C73H138O40. The topological polar surface area (TPSA) is 600 Å². The van der Waals surface area contributed by atoms with E-state index in [2.05, 4.69) is 27.7 Å². The molecule has 0 aromatic rings. The lowest BCUT2D eigenvalue weighted by molar-refractivity contribution is -0.421. The van der Waals surface area contributed by atoms with Crippen molar-refractivity contribution in [2.24, 2.45) is 23.2 Å². The van der Waals surface area contributed by atoms with Crippen molar-refractivity contribution < 1.29 is 198 Å². The van der Waals surface area contributed by atoms with Crippen molar-refractivity contribution in [1.29, 1.82) is 0 Å². The maximum absolute atomic E-state index is 11.9. The number of ether oxygens (including phenoxy) is 17. The molecule has 0 aliphatic carbocycles. The monoisotopic (exact) mass is 1650 g/mol. The average Bonchev–Trinajstić information content (AvgIpc) is 0.791. The smallest absolute Gasteiger partial charge is 0.187 e. The van der Waals surface area contributed by atoms with Crippen molar-refractivity contribution in [3.63, 3.8) is 0 Å². The van der Waals surface area contributed by atoms with E-state index in [0.29, 0.717) is 52.9 Å². The fourth-order valence-corrected chi connectivity index (χ4v) is 13.1. The van der Waals surface area contributed by atoms with E-state index in [1.165, 1.54) is 0 Å². The summed E-state index contributed by atoms with van der Waals surface area (Å²) in [5, 5.41) is 228. The summed E-state index contributed by atoms with van der Waals surface area (Å²) in [6, 6.07) is 0. The lowest BCUT2D eigenvalue weighted by Gasteiger charge is -2.47. The van der Waals surface area contributed by atoms with Gasteiger partial charge in [0.25, 0.3) is 0 Å². The van der Waals surface area contributed by atoms with E-state index in [9.17, 15) is 107 Å². The van der Waals surface area contributed by atoms with E-state index in [1.54, 1.807) is 0 Å². The van der Waals surface area contributed by atoms with Gasteiger partial charge in [-0.3, -0.25) is 0 Å². The summed E-state index contributed by atoms with van der Waals surface area (Å²) in [4.78, 5) is 10.5. The van der Waals surface area contributed by atoms with Gasteiger partial charge in [-0.05, 0) is 32.6 Å². The Morgan fingerprint density at radius 1 is 0.310 bits per heavy atom. The van der Waals surface area contributed by atoms with Crippen LogP contribution < -0.4 is 0 Å². The molecule has 30 atom stereocenters. The van der Waals surface area contributed by atoms with Crippen molar-refractivity contribution in [1.82, 2.24) is 0 Å². The summed E-state index contributed by atoms with van der Waals surface area (Å²) >= 11 is 0. The highest BCUT2D eigenvalue weighted by atomic mass is 17.2. The Labute approximate surface area is 660 Å². The molecule has 5 aliphatic heterocycles. The highest BCUT2D eigenvalue weighted by molar-refractivity contribution is 4.98. The molecule has 5 saturated heterocycles. The minimum Gasteiger partial charge on any atom is -0.394 e. The molecule has 0 amide bonds. The molecule has 5 fully saturated rings. The normalized spacial score (nSPS) is 34.3. The van der Waals surface area contributed by atoms with Crippen LogP contribution in [-0.4, -0.2) is 437 Å².